The number of amides is 1. The van der Waals surface area contributed by atoms with Gasteiger partial charge in [0.15, 0.2) is 0 Å². The molecule has 1 rings (SSSR count). The number of carboxylic acid groups (broad SMARTS) is 1. The SMILES string of the molecule is COc1ccc([C@@H](CC(=O)[O-])NC(=O)OC(C)(C)C)cn1. The van der Waals surface area contributed by atoms with Gasteiger partial charge >= 0.3 is 6.09 Å². The monoisotopic (exact) mass is 295 g/mol. The molecule has 0 aliphatic heterocycles. The Labute approximate surface area is 123 Å². The van der Waals surface area contributed by atoms with Crippen molar-refractivity contribution in [2.45, 2.75) is 38.8 Å². The molecule has 0 radical (unpaired) electrons. The van der Waals surface area contributed by atoms with Crippen molar-refractivity contribution >= 4 is 12.1 Å². The van der Waals surface area contributed by atoms with E-state index in [1.54, 1.807) is 32.9 Å². The molecule has 0 saturated carbocycles. The molecule has 7 nitrogen and oxygen atoms in total. The van der Waals surface area contributed by atoms with Crippen LogP contribution in [0.2, 0.25) is 0 Å². The molecule has 0 aliphatic rings. The maximum absolute atomic E-state index is 11.8. The number of rotatable bonds is 5. The van der Waals surface area contributed by atoms with E-state index in [0.29, 0.717) is 11.4 Å². The van der Waals surface area contributed by atoms with Crippen LogP contribution in [0.25, 0.3) is 0 Å². The van der Waals surface area contributed by atoms with Gasteiger partial charge in [-0.25, -0.2) is 9.78 Å². The summed E-state index contributed by atoms with van der Waals surface area (Å²) in [6, 6.07) is 2.41. The normalized spacial score (nSPS) is 12.4. The van der Waals surface area contributed by atoms with Crippen molar-refractivity contribution < 1.29 is 24.2 Å². The standard InChI is InChI=1S/C14H20N2O5/c1-14(2,3)21-13(19)16-10(7-12(17)18)9-5-6-11(20-4)15-8-9/h5-6,8,10H,7H2,1-4H3,(H,16,19)(H,17,18)/p-1/t10-/m1/s1. The number of alkyl carbamates (subject to hydrolysis) is 1. The number of aromatic nitrogens is 1. The third-order valence-electron chi connectivity index (χ3n) is 2.43. The van der Waals surface area contributed by atoms with Crippen LogP contribution in [0.3, 0.4) is 0 Å². The maximum Gasteiger partial charge on any atom is 0.408 e. The third kappa shape index (κ3) is 6.11. The van der Waals surface area contributed by atoms with Gasteiger partial charge in [0.25, 0.3) is 0 Å². The summed E-state index contributed by atoms with van der Waals surface area (Å²) in [5.74, 6) is -0.893. The van der Waals surface area contributed by atoms with E-state index in [1.165, 1.54) is 13.3 Å². The number of carbonyl (C=O) groups excluding carboxylic acids is 2. The van der Waals surface area contributed by atoms with E-state index in [9.17, 15) is 14.7 Å². The third-order valence-corrected chi connectivity index (χ3v) is 2.43. The van der Waals surface area contributed by atoms with Gasteiger partial charge in [0, 0.05) is 24.7 Å². The predicted molar refractivity (Wildman–Crippen MR) is 72.5 cm³/mol. The van der Waals surface area contributed by atoms with Gasteiger partial charge in [-0.3, -0.25) is 0 Å². The second-order valence-electron chi connectivity index (χ2n) is 5.41. The molecule has 0 saturated heterocycles. The molecule has 0 bridgehead atoms. The van der Waals surface area contributed by atoms with E-state index >= 15 is 0 Å². The molecule has 116 valence electrons. The quantitative estimate of drug-likeness (QED) is 0.862. The molecule has 1 atom stereocenters. The van der Waals surface area contributed by atoms with E-state index < -0.39 is 23.7 Å². The Morgan fingerprint density at radius 3 is 2.48 bits per heavy atom. The number of carboxylic acids is 1. The fourth-order valence-electron chi connectivity index (χ4n) is 1.59. The van der Waals surface area contributed by atoms with E-state index in [0.717, 1.165) is 0 Å². The summed E-state index contributed by atoms with van der Waals surface area (Å²) in [6.07, 6.45) is 0.349. The molecule has 1 aromatic heterocycles. The van der Waals surface area contributed by atoms with Crippen LogP contribution >= 0.6 is 0 Å². The summed E-state index contributed by atoms with van der Waals surface area (Å²) in [7, 11) is 1.47. The molecule has 1 heterocycles. The molecule has 1 N–H and O–H groups in total. The van der Waals surface area contributed by atoms with Crippen molar-refractivity contribution in [3.05, 3.63) is 23.9 Å². The van der Waals surface area contributed by atoms with Crippen molar-refractivity contribution in [2.24, 2.45) is 0 Å². The van der Waals surface area contributed by atoms with Crippen LogP contribution in [-0.2, 0) is 9.53 Å². The first-order valence-corrected chi connectivity index (χ1v) is 6.40. The van der Waals surface area contributed by atoms with Crippen LogP contribution in [-0.4, -0.2) is 29.8 Å². The fraction of sp³-hybridized carbons (Fsp3) is 0.500. The number of ether oxygens (including phenoxy) is 2. The predicted octanol–water partition coefficient (Wildman–Crippen LogP) is 0.796. The number of nitrogens with one attached hydrogen (secondary N) is 1. The number of hydrogen-bond acceptors (Lipinski definition) is 6. The molecule has 0 aliphatic carbocycles. The lowest BCUT2D eigenvalue weighted by molar-refractivity contribution is -0.306. The largest absolute Gasteiger partial charge is 0.550 e. The highest BCUT2D eigenvalue weighted by molar-refractivity contribution is 5.71. The number of carbonyl (C=O) groups is 2. The molecular weight excluding hydrogens is 276 g/mol. The highest BCUT2D eigenvalue weighted by Gasteiger charge is 2.21. The molecule has 0 spiro atoms. The van der Waals surface area contributed by atoms with Crippen LogP contribution < -0.4 is 15.2 Å². The molecule has 1 aromatic rings. The Bertz CT molecular complexity index is 493. The van der Waals surface area contributed by atoms with Gasteiger partial charge in [-0.2, -0.15) is 0 Å². The Hall–Kier alpha value is -2.31. The molecule has 21 heavy (non-hydrogen) atoms. The first-order valence-electron chi connectivity index (χ1n) is 6.40. The lowest BCUT2D eigenvalue weighted by Gasteiger charge is -2.24. The van der Waals surface area contributed by atoms with Gasteiger partial charge in [-0.15, -0.1) is 0 Å². The van der Waals surface area contributed by atoms with Gasteiger partial charge < -0.3 is 24.7 Å². The molecule has 1 amide bonds. The zero-order valence-electron chi connectivity index (χ0n) is 12.5. The zero-order valence-corrected chi connectivity index (χ0v) is 12.5. The number of pyridine rings is 1. The van der Waals surface area contributed by atoms with Gasteiger partial charge in [0.05, 0.1) is 13.2 Å². The van der Waals surface area contributed by atoms with E-state index in [4.69, 9.17) is 9.47 Å². The summed E-state index contributed by atoms with van der Waals surface area (Å²) in [6.45, 7) is 5.15. The van der Waals surface area contributed by atoms with E-state index in [-0.39, 0.29) is 6.42 Å². The van der Waals surface area contributed by atoms with Gasteiger partial charge in [-0.1, -0.05) is 6.07 Å². The molecule has 0 aromatic carbocycles. The molecule has 0 unspecified atom stereocenters. The van der Waals surface area contributed by atoms with Crippen LogP contribution in [0.15, 0.2) is 18.3 Å². The minimum absolute atomic E-state index is 0.382. The fourth-order valence-corrected chi connectivity index (χ4v) is 1.59. The Balaban J connectivity index is 2.84. The smallest absolute Gasteiger partial charge is 0.408 e. The topological polar surface area (TPSA) is 101 Å². The van der Waals surface area contributed by atoms with Crippen LogP contribution in [0.4, 0.5) is 4.79 Å². The Morgan fingerprint density at radius 2 is 2.05 bits per heavy atom. The van der Waals surface area contributed by atoms with Gasteiger partial charge in [0.1, 0.15) is 5.60 Å². The molecular formula is C14H19N2O5-. The molecule has 7 heteroatoms. The summed E-state index contributed by atoms with van der Waals surface area (Å²) >= 11 is 0. The summed E-state index contributed by atoms with van der Waals surface area (Å²) in [4.78, 5) is 26.6. The minimum atomic E-state index is -1.29. The van der Waals surface area contributed by atoms with Crippen molar-refractivity contribution in [3.8, 4) is 5.88 Å². The summed E-state index contributed by atoms with van der Waals surface area (Å²) in [5, 5.41) is 13.3. The lowest BCUT2D eigenvalue weighted by Crippen LogP contribution is -2.37. The van der Waals surface area contributed by atoms with Crippen LogP contribution in [0.1, 0.15) is 38.8 Å². The molecule has 0 fully saturated rings. The van der Waals surface area contributed by atoms with Crippen molar-refractivity contribution in [3.63, 3.8) is 0 Å². The van der Waals surface area contributed by atoms with Crippen molar-refractivity contribution in [1.82, 2.24) is 10.3 Å². The highest BCUT2D eigenvalue weighted by Crippen LogP contribution is 2.19. The minimum Gasteiger partial charge on any atom is -0.550 e. The number of aliphatic carboxylic acids is 1. The van der Waals surface area contributed by atoms with Crippen LogP contribution in [0, 0.1) is 0 Å². The average molecular weight is 295 g/mol. The van der Waals surface area contributed by atoms with E-state index in [1.807, 2.05) is 0 Å². The van der Waals surface area contributed by atoms with E-state index in [2.05, 4.69) is 10.3 Å². The summed E-state index contributed by atoms with van der Waals surface area (Å²) in [5.41, 5.74) is -0.153. The Kier molecular flexibility index (Phi) is 5.52. The zero-order chi connectivity index (χ0) is 16.0. The Morgan fingerprint density at radius 1 is 1.38 bits per heavy atom. The number of nitrogens with zero attached hydrogens (tertiary/aromatic N) is 1. The number of hydrogen-bond donors (Lipinski definition) is 1. The van der Waals surface area contributed by atoms with Crippen molar-refractivity contribution in [1.29, 1.82) is 0 Å². The number of methoxy groups -OCH3 is 1. The second kappa shape index (κ2) is 6.92. The first kappa shape index (κ1) is 16.7. The van der Waals surface area contributed by atoms with Gasteiger partial charge in [-0.05, 0) is 26.3 Å². The average Bonchev–Trinajstić information content (AvgIpc) is 2.35. The van der Waals surface area contributed by atoms with Crippen LogP contribution in [0.5, 0.6) is 5.88 Å². The second-order valence-corrected chi connectivity index (χ2v) is 5.41. The highest BCUT2D eigenvalue weighted by atomic mass is 16.6. The lowest BCUT2D eigenvalue weighted by atomic mass is 10.1. The first-order chi connectivity index (χ1) is 9.71. The van der Waals surface area contributed by atoms with Crippen molar-refractivity contribution in [2.75, 3.05) is 7.11 Å². The maximum atomic E-state index is 11.8. The van der Waals surface area contributed by atoms with Gasteiger partial charge in [0.2, 0.25) is 5.88 Å². The summed E-state index contributed by atoms with van der Waals surface area (Å²) < 4.78 is 10.0.